The number of hydrogen-bond donors (Lipinski definition) is 1. The molecule has 0 saturated carbocycles. The Bertz CT molecular complexity index is 666. The van der Waals surface area contributed by atoms with Gasteiger partial charge >= 0.3 is 6.03 Å². The lowest BCUT2D eigenvalue weighted by Gasteiger charge is -2.29. The zero-order chi connectivity index (χ0) is 15.4. The molecule has 1 N–H and O–H groups in total. The number of amides is 2. The third-order valence-corrected chi connectivity index (χ3v) is 4.35. The van der Waals surface area contributed by atoms with Gasteiger partial charge in [0.15, 0.2) is 0 Å². The highest BCUT2D eigenvalue weighted by Crippen LogP contribution is 2.18. The van der Waals surface area contributed by atoms with E-state index in [-0.39, 0.29) is 6.03 Å². The number of rotatable bonds is 3. The van der Waals surface area contributed by atoms with E-state index in [1.54, 1.807) is 0 Å². The van der Waals surface area contributed by atoms with Gasteiger partial charge in [-0.2, -0.15) is 0 Å². The molecule has 1 aliphatic heterocycles. The van der Waals surface area contributed by atoms with E-state index in [1.165, 1.54) is 22.3 Å². The summed E-state index contributed by atoms with van der Waals surface area (Å²) in [5.41, 5.74) is 5.21. The number of nitrogens with zero attached hydrogens (tertiary/aromatic N) is 1. The predicted molar refractivity (Wildman–Crippen MR) is 88.8 cm³/mol. The smallest absolute Gasteiger partial charge is 0.317 e. The van der Waals surface area contributed by atoms with E-state index in [1.807, 2.05) is 23.1 Å². The Balaban J connectivity index is 1.52. The normalized spacial score (nSPS) is 13.6. The number of hydrogen-bond acceptors (Lipinski definition) is 1. The van der Waals surface area contributed by atoms with E-state index in [0.29, 0.717) is 13.1 Å². The SMILES string of the molecule is Cc1ccccc1CCNC(=O)N1CCc2ccccc2C1. The van der Waals surface area contributed by atoms with Crippen molar-refractivity contribution in [3.05, 3.63) is 70.8 Å². The summed E-state index contributed by atoms with van der Waals surface area (Å²) >= 11 is 0. The van der Waals surface area contributed by atoms with Gasteiger partial charge in [-0.15, -0.1) is 0 Å². The van der Waals surface area contributed by atoms with Crippen LogP contribution in [0, 0.1) is 6.92 Å². The molecule has 0 aromatic heterocycles. The van der Waals surface area contributed by atoms with E-state index in [2.05, 4.69) is 42.6 Å². The van der Waals surface area contributed by atoms with Crippen LogP contribution < -0.4 is 5.32 Å². The fourth-order valence-electron chi connectivity index (χ4n) is 2.98. The first kappa shape index (κ1) is 14.6. The standard InChI is InChI=1S/C19H22N2O/c1-15-6-2-3-7-16(15)10-12-20-19(22)21-13-11-17-8-4-5-9-18(17)14-21/h2-9H,10-14H2,1H3,(H,20,22). The molecule has 0 bridgehead atoms. The van der Waals surface area contributed by atoms with Crippen LogP contribution in [0.2, 0.25) is 0 Å². The average Bonchev–Trinajstić information content (AvgIpc) is 2.56. The van der Waals surface area contributed by atoms with Gasteiger partial charge in [0.25, 0.3) is 0 Å². The molecule has 0 unspecified atom stereocenters. The molecule has 1 aliphatic rings. The lowest BCUT2D eigenvalue weighted by molar-refractivity contribution is 0.192. The summed E-state index contributed by atoms with van der Waals surface area (Å²) in [7, 11) is 0. The maximum absolute atomic E-state index is 12.3. The molecule has 22 heavy (non-hydrogen) atoms. The molecular weight excluding hydrogens is 272 g/mol. The van der Waals surface area contributed by atoms with Crippen LogP contribution in [0.3, 0.4) is 0 Å². The summed E-state index contributed by atoms with van der Waals surface area (Å²) in [6.45, 7) is 4.31. The van der Waals surface area contributed by atoms with Gasteiger partial charge in [0.2, 0.25) is 0 Å². The first-order chi connectivity index (χ1) is 10.7. The summed E-state index contributed by atoms with van der Waals surface area (Å²) in [6, 6.07) is 16.7. The van der Waals surface area contributed by atoms with Gasteiger partial charge in [-0.05, 0) is 42.0 Å². The highest BCUT2D eigenvalue weighted by atomic mass is 16.2. The van der Waals surface area contributed by atoms with E-state index in [0.717, 1.165) is 19.4 Å². The Morgan fingerprint density at radius 3 is 2.64 bits per heavy atom. The predicted octanol–water partition coefficient (Wildman–Crippen LogP) is 3.31. The van der Waals surface area contributed by atoms with Crippen molar-refractivity contribution < 1.29 is 4.79 Å². The van der Waals surface area contributed by atoms with Gasteiger partial charge in [0.05, 0.1) is 0 Å². The molecule has 2 amide bonds. The number of urea groups is 1. The van der Waals surface area contributed by atoms with Crippen molar-refractivity contribution in [2.75, 3.05) is 13.1 Å². The number of benzene rings is 2. The summed E-state index contributed by atoms with van der Waals surface area (Å²) in [5.74, 6) is 0. The molecule has 3 heteroatoms. The van der Waals surface area contributed by atoms with Gasteiger partial charge in [0.1, 0.15) is 0 Å². The summed E-state index contributed by atoms with van der Waals surface area (Å²) < 4.78 is 0. The van der Waals surface area contributed by atoms with Crippen LogP contribution in [0.25, 0.3) is 0 Å². The number of carbonyl (C=O) groups excluding carboxylic acids is 1. The third-order valence-electron chi connectivity index (χ3n) is 4.35. The minimum atomic E-state index is 0.0445. The van der Waals surface area contributed by atoms with Crippen molar-refractivity contribution in [1.82, 2.24) is 10.2 Å². The second-order valence-corrected chi connectivity index (χ2v) is 5.85. The highest BCUT2D eigenvalue weighted by molar-refractivity contribution is 5.74. The molecule has 3 rings (SSSR count). The number of carbonyl (C=O) groups is 1. The van der Waals surface area contributed by atoms with Gasteiger partial charge in [-0.25, -0.2) is 4.79 Å². The molecule has 0 aliphatic carbocycles. The summed E-state index contributed by atoms with van der Waals surface area (Å²) in [5, 5.41) is 3.05. The van der Waals surface area contributed by atoms with Crippen molar-refractivity contribution in [3.8, 4) is 0 Å². The molecule has 0 radical (unpaired) electrons. The molecule has 0 saturated heterocycles. The number of aryl methyl sites for hydroxylation is 1. The van der Waals surface area contributed by atoms with Crippen LogP contribution in [0.1, 0.15) is 22.3 Å². The Kier molecular flexibility index (Phi) is 4.42. The Morgan fingerprint density at radius 2 is 1.82 bits per heavy atom. The molecule has 0 atom stereocenters. The zero-order valence-electron chi connectivity index (χ0n) is 13.0. The van der Waals surface area contributed by atoms with Gasteiger partial charge in [-0.3, -0.25) is 0 Å². The molecule has 3 nitrogen and oxygen atoms in total. The molecule has 0 spiro atoms. The average molecular weight is 294 g/mol. The molecule has 1 heterocycles. The zero-order valence-corrected chi connectivity index (χ0v) is 13.0. The van der Waals surface area contributed by atoms with Crippen molar-refractivity contribution in [2.45, 2.75) is 26.3 Å². The van der Waals surface area contributed by atoms with Crippen molar-refractivity contribution >= 4 is 6.03 Å². The Morgan fingerprint density at radius 1 is 1.09 bits per heavy atom. The summed E-state index contributed by atoms with van der Waals surface area (Å²) in [4.78, 5) is 14.2. The monoisotopic (exact) mass is 294 g/mol. The van der Waals surface area contributed by atoms with Crippen LogP contribution in [0.5, 0.6) is 0 Å². The molecular formula is C19H22N2O. The number of fused-ring (bicyclic) bond motifs is 1. The van der Waals surface area contributed by atoms with Crippen LogP contribution >= 0.6 is 0 Å². The van der Waals surface area contributed by atoms with Crippen molar-refractivity contribution in [3.63, 3.8) is 0 Å². The summed E-state index contributed by atoms with van der Waals surface area (Å²) in [6.07, 6.45) is 1.82. The molecule has 0 fully saturated rings. The van der Waals surface area contributed by atoms with Gasteiger partial charge < -0.3 is 10.2 Å². The first-order valence-corrected chi connectivity index (χ1v) is 7.88. The number of nitrogens with one attached hydrogen (secondary N) is 1. The first-order valence-electron chi connectivity index (χ1n) is 7.88. The second kappa shape index (κ2) is 6.65. The van der Waals surface area contributed by atoms with Crippen LogP contribution in [-0.2, 0) is 19.4 Å². The molecule has 2 aromatic rings. The fourth-order valence-corrected chi connectivity index (χ4v) is 2.98. The maximum Gasteiger partial charge on any atom is 0.317 e. The topological polar surface area (TPSA) is 32.3 Å². The van der Waals surface area contributed by atoms with Gasteiger partial charge in [0, 0.05) is 19.6 Å². The van der Waals surface area contributed by atoms with Crippen molar-refractivity contribution in [2.24, 2.45) is 0 Å². The molecule has 114 valence electrons. The van der Waals surface area contributed by atoms with Gasteiger partial charge in [-0.1, -0.05) is 48.5 Å². The van der Waals surface area contributed by atoms with Crippen LogP contribution in [0.4, 0.5) is 4.79 Å². The van der Waals surface area contributed by atoms with E-state index in [4.69, 9.17) is 0 Å². The minimum Gasteiger partial charge on any atom is -0.338 e. The van der Waals surface area contributed by atoms with Crippen molar-refractivity contribution in [1.29, 1.82) is 0 Å². The largest absolute Gasteiger partial charge is 0.338 e. The Hall–Kier alpha value is -2.29. The minimum absolute atomic E-state index is 0.0445. The van der Waals surface area contributed by atoms with Crippen LogP contribution in [0.15, 0.2) is 48.5 Å². The third kappa shape index (κ3) is 3.30. The molecule has 2 aromatic carbocycles. The maximum atomic E-state index is 12.3. The van der Waals surface area contributed by atoms with E-state index < -0.39 is 0 Å². The fraction of sp³-hybridized carbons (Fsp3) is 0.316. The second-order valence-electron chi connectivity index (χ2n) is 5.85. The van der Waals surface area contributed by atoms with E-state index >= 15 is 0 Å². The highest BCUT2D eigenvalue weighted by Gasteiger charge is 2.19. The lowest BCUT2D eigenvalue weighted by Crippen LogP contribution is -2.43. The quantitative estimate of drug-likeness (QED) is 0.925. The van der Waals surface area contributed by atoms with Crippen LogP contribution in [-0.4, -0.2) is 24.0 Å². The lowest BCUT2D eigenvalue weighted by atomic mass is 10.0. The Labute approximate surface area is 132 Å². The van der Waals surface area contributed by atoms with E-state index in [9.17, 15) is 4.79 Å².